The van der Waals surface area contributed by atoms with Crippen LogP contribution in [0.4, 0.5) is 0 Å². The Hall–Kier alpha value is -2.36. The number of nitrogens with one attached hydrogen (secondary N) is 1. The van der Waals surface area contributed by atoms with Gasteiger partial charge in [-0.05, 0) is 72.2 Å². The highest BCUT2D eigenvalue weighted by molar-refractivity contribution is 6.50. The first-order valence-corrected chi connectivity index (χ1v) is 9.35. The molecule has 0 aliphatic rings. The van der Waals surface area contributed by atoms with Gasteiger partial charge < -0.3 is 14.8 Å². The molecule has 0 atom stereocenters. The minimum Gasteiger partial charge on any atom is -0.498 e. The molecule has 4 radical (unpaired) electrons. The van der Waals surface area contributed by atoms with Crippen LogP contribution in [0, 0.1) is 13.8 Å². The number of aryl methyl sites for hydroxylation is 2. The molecule has 0 fully saturated rings. The molecule has 0 aliphatic carbocycles. The first kappa shape index (κ1) is 21.9. The number of rotatable bonds is 7. The Balaban J connectivity index is 2.31. The molecule has 4 nitrogen and oxygen atoms in total. The molecule has 2 aromatic carbocycles. The monoisotopic (exact) mass is 375 g/mol. The second-order valence-corrected chi connectivity index (χ2v) is 7.42. The van der Waals surface area contributed by atoms with Gasteiger partial charge in [0, 0.05) is 7.05 Å². The number of likely N-dealkylation sites (N-methyl/N-ethyl adjacent to an activating group) is 1. The Kier molecular flexibility index (Phi) is 6.86. The Bertz CT molecular complexity index is 840. The Morgan fingerprint density at radius 1 is 1.14 bits per heavy atom. The molecule has 144 valence electrons. The molecule has 1 amide bonds. The molecule has 0 saturated carbocycles. The van der Waals surface area contributed by atoms with Crippen molar-refractivity contribution in [3.8, 4) is 11.5 Å². The molecule has 0 aromatic heterocycles. The first-order valence-electron chi connectivity index (χ1n) is 9.35. The first-order chi connectivity index (χ1) is 13.1. The van der Waals surface area contributed by atoms with E-state index in [1.807, 2.05) is 32.0 Å². The summed E-state index contributed by atoms with van der Waals surface area (Å²) in [5, 5.41) is 0.479. The highest BCUT2D eigenvalue weighted by Crippen LogP contribution is 2.30. The van der Waals surface area contributed by atoms with E-state index in [1.165, 1.54) is 23.7 Å². The fourth-order valence-corrected chi connectivity index (χ4v) is 3.28. The highest BCUT2D eigenvalue weighted by Gasteiger charge is 2.27. The molecule has 6 heteroatoms. The zero-order chi connectivity index (χ0) is 21.1. The minimum atomic E-state index is -1.92. The summed E-state index contributed by atoms with van der Waals surface area (Å²) < 4.78 is 11.0. The van der Waals surface area contributed by atoms with E-state index in [0.717, 1.165) is 23.3 Å². The van der Waals surface area contributed by atoms with Crippen LogP contribution in [0.1, 0.15) is 47.6 Å². The predicted molar refractivity (Wildman–Crippen MR) is 115 cm³/mol. The van der Waals surface area contributed by atoms with E-state index in [2.05, 4.69) is 31.3 Å². The van der Waals surface area contributed by atoms with E-state index < -0.39 is 11.3 Å². The van der Waals surface area contributed by atoms with Crippen LogP contribution < -0.4 is 14.8 Å². The highest BCUT2D eigenvalue weighted by atomic mass is 16.5. The number of carbonyl (C=O) groups is 1. The number of methoxy groups -OCH3 is 1. The second-order valence-electron chi connectivity index (χ2n) is 7.42. The van der Waals surface area contributed by atoms with Crippen LogP contribution >= 0.6 is 0 Å². The molecular formula is C22H27B2NO3. The summed E-state index contributed by atoms with van der Waals surface area (Å²) in [4.78, 5) is 11.8. The summed E-state index contributed by atoms with van der Waals surface area (Å²) in [6, 6.07) is 10.0. The maximum atomic E-state index is 11.8. The molecule has 2 aromatic rings. The maximum Gasteiger partial charge on any atom is 0.243 e. The number of amides is 1. The summed E-state index contributed by atoms with van der Waals surface area (Å²) in [7, 11) is 14.7. The van der Waals surface area contributed by atoms with Crippen LogP contribution in [0.5, 0.6) is 11.5 Å². The normalized spacial score (nSPS) is 11.4. The smallest absolute Gasteiger partial charge is 0.243 e. The van der Waals surface area contributed by atoms with Gasteiger partial charge in [0.05, 0.1) is 7.11 Å². The molecule has 0 bridgehead atoms. The number of carbonyl (C=O) groups excluding carboxylic acids is 1. The van der Waals surface area contributed by atoms with Crippen molar-refractivity contribution in [2.24, 2.45) is 0 Å². The van der Waals surface area contributed by atoms with Crippen molar-refractivity contribution in [1.82, 2.24) is 5.32 Å². The molecule has 0 aliphatic heterocycles. The lowest BCUT2D eigenvalue weighted by Crippen LogP contribution is -2.51. The van der Waals surface area contributed by atoms with Gasteiger partial charge in [0.2, 0.25) is 5.91 Å². The Morgan fingerprint density at radius 2 is 1.75 bits per heavy atom. The Labute approximate surface area is 170 Å². The van der Waals surface area contributed by atoms with Gasteiger partial charge in [0.15, 0.2) is 0 Å². The summed E-state index contributed by atoms with van der Waals surface area (Å²) in [6.07, 6.45) is 0.785. The molecular weight excluding hydrogens is 348 g/mol. The van der Waals surface area contributed by atoms with Gasteiger partial charge >= 0.3 is 0 Å². The molecule has 1 N–H and O–H groups in total. The molecule has 0 saturated heterocycles. The number of hydrogen-bond acceptors (Lipinski definition) is 3. The van der Waals surface area contributed by atoms with Gasteiger partial charge in [0.1, 0.15) is 32.6 Å². The van der Waals surface area contributed by atoms with Crippen LogP contribution in [0.25, 0.3) is 0 Å². The third-order valence-corrected chi connectivity index (χ3v) is 4.84. The number of ether oxygens (including phenoxy) is 2. The molecule has 0 heterocycles. The van der Waals surface area contributed by atoms with Crippen LogP contribution in [0.3, 0.4) is 0 Å². The SMILES string of the molecule is [B]C([B])(Oc1cc(C)c(Cc2ccc(OC)c(C(C)C)c2)c(C)c1)C(=O)NC. The standard InChI is InChI=1S/C22H27B2NO3/c1-13(2)18-11-16(7-8-20(18)27-6)12-19-14(3)9-17(10-15(19)4)28-22(23,24)21(26)25-5/h7-11,13H,12H2,1-6H3,(H,25,26). The van der Waals surface area contributed by atoms with E-state index in [4.69, 9.17) is 25.2 Å². The van der Waals surface area contributed by atoms with Crippen molar-refractivity contribution in [3.63, 3.8) is 0 Å². The fourth-order valence-electron chi connectivity index (χ4n) is 3.28. The Morgan fingerprint density at radius 3 is 2.25 bits per heavy atom. The maximum absolute atomic E-state index is 11.8. The fraction of sp³-hybridized carbons (Fsp3) is 0.409. The average Bonchev–Trinajstić information content (AvgIpc) is 2.63. The van der Waals surface area contributed by atoms with Gasteiger partial charge in [-0.1, -0.05) is 26.0 Å². The average molecular weight is 375 g/mol. The van der Waals surface area contributed by atoms with Crippen molar-refractivity contribution in [2.45, 2.75) is 45.4 Å². The lowest BCUT2D eigenvalue weighted by molar-refractivity contribution is -0.126. The van der Waals surface area contributed by atoms with Crippen LogP contribution in [0.15, 0.2) is 30.3 Å². The van der Waals surface area contributed by atoms with Crippen molar-refractivity contribution < 1.29 is 14.3 Å². The van der Waals surface area contributed by atoms with E-state index in [0.29, 0.717) is 11.7 Å². The van der Waals surface area contributed by atoms with Gasteiger partial charge in [-0.25, -0.2) is 0 Å². The topological polar surface area (TPSA) is 47.6 Å². The zero-order valence-corrected chi connectivity index (χ0v) is 17.6. The largest absolute Gasteiger partial charge is 0.498 e. The van der Waals surface area contributed by atoms with Crippen LogP contribution in [-0.2, 0) is 11.2 Å². The quantitative estimate of drug-likeness (QED) is 0.757. The third kappa shape index (κ3) is 4.92. The molecule has 2 rings (SSSR count). The van der Waals surface area contributed by atoms with Crippen molar-refractivity contribution in [2.75, 3.05) is 14.2 Å². The summed E-state index contributed by atoms with van der Waals surface area (Å²) in [6.45, 7) is 8.33. The van der Waals surface area contributed by atoms with E-state index in [-0.39, 0.29) is 0 Å². The van der Waals surface area contributed by atoms with Gasteiger partial charge in [0.25, 0.3) is 0 Å². The summed E-state index contributed by atoms with van der Waals surface area (Å²) in [5.41, 5.74) is 5.69. The molecule has 28 heavy (non-hydrogen) atoms. The predicted octanol–water partition coefficient (Wildman–Crippen LogP) is 3.14. The van der Waals surface area contributed by atoms with Crippen LogP contribution in [-0.4, -0.2) is 41.2 Å². The minimum absolute atomic E-state index is 0.375. The lowest BCUT2D eigenvalue weighted by atomic mass is 9.64. The van der Waals surface area contributed by atoms with E-state index in [9.17, 15) is 4.79 Å². The summed E-state index contributed by atoms with van der Waals surface area (Å²) in [5.74, 6) is 1.16. The van der Waals surface area contributed by atoms with Crippen molar-refractivity contribution in [3.05, 3.63) is 58.1 Å². The zero-order valence-electron chi connectivity index (χ0n) is 17.6. The number of benzene rings is 2. The van der Waals surface area contributed by atoms with E-state index >= 15 is 0 Å². The summed E-state index contributed by atoms with van der Waals surface area (Å²) >= 11 is 0. The lowest BCUT2D eigenvalue weighted by Gasteiger charge is -2.27. The van der Waals surface area contributed by atoms with Gasteiger partial charge in [-0.15, -0.1) is 0 Å². The van der Waals surface area contributed by atoms with Crippen molar-refractivity contribution in [1.29, 1.82) is 0 Å². The van der Waals surface area contributed by atoms with Gasteiger partial charge in [-0.2, -0.15) is 0 Å². The second kappa shape index (κ2) is 8.76. The van der Waals surface area contributed by atoms with E-state index in [1.54, 1.807) is 7.11 Å². The number of hydrogen-bond donors (Lipinski definition) is 1. The molecule has 0 spiro atoms. The van der Waals surface area contributed by atoms with Gasteiger partial charge in [-0.3, -0.25) is 4.79 Å². The van der Waals surface area contributed by atoms with Crippen molar-refractivity contribution >= 4 is 21.6 Å². The third-order valence-electron chi connectivity index (χ3n) is 4.84. The van der Waals surface area contributed by atoms with Crippen LogP contribution in [0.2, 0.25) is 0 Å². The molecule has 0 unspecified atom stereocenters.